The largest absolute Gasteiger partial charge is 0.369 e. The second kappa shape index (κ2) is 9.62. The second-order valence-electron chi connectivity index (χ2n) is 7.46. The average molecular weight is 467 g/mol. The van der Waals surface area contributed by atoms with E-state index in [9.17, 15) is 18.0 Å². The fourth-order valence-corrected chi connectivity index (χ4v) is 4.03. The highest BCUT2D eigenvalue weighted by Gasteiger charge is 2.32. The third kappa shape index (κ3) is 5.61. The summed E-state index contributed by atoms with van der Waals surface area (Å²) >= 11 is 0. The van der Waals surface area contributed by atoms with Crippen molar-refractivity contribution in [1.82, 2.24) is 4.90 Å². The number of nitrogens with zero attached hydrogens (tertiary/aromatic N) is 3. The number of carbonyl (C=O) groups excluding carboxylic acids is 2. The van der Waals surface area contributed by atoms with Crippen LogP contribution in [0.3, 0.4) is 0 Å². The molecule has 2 aromatic carbocycles. The van der Waals surface area contributed by atoms with Gasteiger partial charge in [0.1, 0.15) is 5.92 Å². The molecule has 0 spiro atoms. The lowest BCUT2D eigenvalue weighted by Crippen LogP contribution is -2.49. The molecule has 0 fully saturated rings. The lowest BCUT2D eigenvalue weighted by Gasteiger charge is -2.29. The Morgan fingerprint density at radius 1 is 1.24 bits per heavy atom. The van der Waals surface area contributed by atoms with E-state index in [1.165, 1.54) is 29.2 Å². The second-order valence-corrected chi connectivity index (χ2v) is 9.48. The van der Waals surface area contributed by atoms with E-state index < -0.39 is 27.7 Å². The number of urea groups is 1. The molecular weight excluding hydrogens is 444 g/mol. The maximum atomic E-state index is 12.7. The van der Waals surface area contributed by atoms with Crippen LogP contribution in [-0.2, 0) is 14.6 Å². The van der Waals surface area contributed by atoms with Crippen LogP contribution in [0.15, 0.2) is 58.4 Å². The molecule has 1 unspecified atom stereocenters. The fourth-order valence-electron chi connectivity index (χ4n) is 3.36. The summed E-state index contributed by atoms with van der Waals surface area (Å²) in [6.45, 7) is 0.494. The predicted octanol–water partition coefficient (Wildman–Crippen LogP) is 1.42. The lowest BCUT2D eigenvalue weighted by atomic mass is 9.90. The van der Waals surface area contributed by atoms with Gasteiger partial charge < -0.3 is 21.4 Å². The van der Waals surface area contributed by atoms with Crippen molar-refractivity contribution < 1.29 is 18.0 Å². The first kappa shape index (κ1) is 23.6. The molecule has 0 bridgehead atoms. The maximum absolute atomic E-state index is 12.7. The molecule has 4 N–H and O–H groups in total. The van der Waals surface area contributed by atoms with Crippen molar-refractivity contribution in [3.8, 4) is 6.07 Å². The third-order valence-corrected chi connectivity index (χ3v) is 6.18. The highest BCUT2D eigenvalue weighted by atomic mass is 32.2. The van der Waals surface area contributed by atoms with E-state index >= 15 is 0 Å². The van der Waals surface area contributed by atoms with Crippen LogP contribution in [0.4, 0.5) is 10.5 Å². The number of aliphatic imine (C=N–C) groups is 1. The monoisotopic (exact) mass is 466 g/mol. The number of hydrogen-bond acceptors (Lipinski definition) is 7. The van der Waals surface area contributed by atoms with Gasteiger partial charge in [-0.05, 0) is 42.0 Å². The number of anilines is 1. The van der Waals surface area contributed by atoms with Crippen LogP contribution in [0.2, 0.25) is 0 Å². The first-order valence-corrected chi connectivity index (χ1v) is 11.8. The van der Waals surface area contributed by atoms with Gasteiger partial charge in [0.25, 0.3) is 0 Å². The van der Waals surface area contributed by atoms with Crippen molar-refractivity contribution in [2.75, 3.05) is 31.2 Å². The van der Waals surface area contributed by atoms with E-state index in [1.807, 2.05) is 6.07 Å². The topological polar surface area (TPSA) is 170 Å². The number of nitriles is 1. The summed E-state index contributed by atoms with van der Waals surface area (Å²) < 4.78 is 23.7. The Bertz CT molecular complexity index is 1280. The molecule has 0 radical (unpaired) electrons. The average Bonchev–Trinajstić information content (AvgIpc) is 2.79. The van der Waals surface area contributed by atoms with Crippen LogP contribution in [0.25, 0.3) is 0 Å². The number of hydrogen-bond donors (Lipinski definition) is 3. The molecule has 0 saturated heterocycles. The zero-order valence-electron chi connectivity index (χ0n) is 17.8. The Hall–Kier alpha value is -4.04. The van der Waals surface area contributed by atoms with Gasteiger partial charge in [-0.3, -0.25) is 9.79 Å². The van der Waals surface area contributed by atoms with Gasteiger partial charge in [-0.25, -0.2) is 13.2 Å². The molecule has 0 aliphatic carbocycles. The number of carbonyl (C=O) groups is 2. The number of nitrogens with one attached hydrogen (secondary N) is 2. The molecular formula is C22H22N6O4S. The van der Waals surface area contributed by atoms with Crippen LogP contribution in [0.5, 0.6) is 0 Å². The molecule has 2 aromatic rings. The minimum atomic E-state index is -3.51. The first-order chi connectivity index (χ1) is 15.6. The molecule has 170 valence electrons. The van der Waals surface area contributed by atoms with Crippen molar-refractivity contribution in [3.63, 3.8) is 0 Å². The van der Waals surface area contributed by atoms with E-state index in [1.54, 1.807) is 24.3 Å². The van der Waals surface area contributed by atoms with Gasteiger partial charge in [-0.15, -0.1) is 0 Å². The molecule has 1 aliphatic rings. The smallest absolute Gasteiger partial charge is 0.322 e. The van der Waals surface area contributed by atoms with E-state index in [0.29, 0.717) is 17.8 Å². The Morgan fingerprint density at radius 2 is 1.94 bits per heavy atom. The molecule has 1 atom stereocenters. The molecule has 0 aromatic heterocycles. The molecule has 10 nitrogen and oxygen atoms in total. The van der Waals surface area contributed by atoms with Gasteiger partial charge in [-0.2, -0.15) is 5.26 Å². The summed E-state index contributed by atoms with van der Waals surface area (Å²) in [5, 5.41) is 20.1. The molecule has 3 amide bonds. The van der Waals surface area contributed by atoms with E-state index in [-0.39, 0.29) is 35.0 Å². The van der Waals surface area contributed by atoms with Crippen molar-refractivity contribution >= 4 is 38.9 Å². The van der Waals surface area contributed by atoms with Crippen LogP contribution in [0.1, 0.15) is 11.1 Å². The number of nitrogens with two attached hydrogens (primary N) is 1. The maximum Gasteiger partial charge on any atom is 0.322 e. The molecule has 33 heavy (non-hydrogen) atoms. The summed E-state index contributed by atoms with van der Waals surface area (Å²) in [6, 6.07) is 13.6. The Labute approximate surface area is 191 Å². The highest BCUT2D eigenvalue weighted by Crippen LogP contribution is 2.18. The van der Waals surface area contributed by atoms with Crippen molar-refractivity contribution in [3.05, 3.63) is 59.7 Å². The lowest BCUT2D eigenvalue weighted by molar-refractivity contribution is -0.118. The Balaban J connectivity index is 1.79. The Morgan fingerprint density at radius 3 is 2.55 bits per heavy atom. The number of benzene rings is 2. The fraction of sp³-hybridized carbons (Fsp3) is 0.227. The molecule has 11 heteroatoms. The summed E-state index contributed by atoms with van der Waals surface area (Å²) in [5.41, 5.74) is 6.82. The van der Waals surface area contributed by atoms with E-state index in [4.69, 9.17) is 16.4 Å². The van der Waals surface area contributed by atoms with Gasteiger partial charge in [0.2, 0.25) is 5.91 Å². The van der Waals surface area contributed by atoms with Gasteiger partial charge in [0.15, 0.2) is 9.84 Å². The van der Waals surface area contributed by atoms with Crippen LogP contribution in [-0.4, -0.2) is 62.6 Å². The number of primary amides is 1. The first-order valence-electron chi connectivity index (χ1n) is 9.87. The summed E-state index contributed by atoms with van der Waals surface area (Å²) in [6.07, 6.45) is 1.05. The highest BCUT2D eigenvalue weighted by molar-refractivity contribution is 7.90. The Kier molecular flexibility index (Phi) is 6.89. The zero-order chi connectivity index (χ0) is 24.2. The van der Waals surface area contributed by atoms with Gasteiger partial charge in [0.05, 0.1) is 41.0 Å². The van der Waals surface area contributed by atoms with Crippen LogP contribution in [0, 0.1) is 22.7 Å². The van der Waals surface area contributed by atoms with Gasteiger partial charge in [0, 0.05) is 18.5 Å². The number of amides is 3. The van der Waals surface area contributed by atoms with E-state index in [2.05, 4.69) is 10.3 Å². The standard InChI is InChI=1S/C22H22N6O4S/c1-33(31,32)17-4-2-3-15(11-17)20(24)19(21(25)29)18-13-28(10-9-26-18)22(30)27-16-7-5-14(12-23)6-8-16/h2-8,11,19,24H,9-10,13H2,1H3,(H2,25,29)(H,27,30). The van der Waals surface area contributed by atoms with Gasteiger partial charge >= 0.3 is 6.03 Å². The van der Waals surface area contributed by atoms with Crippen molar-refractivity contribution in [1.29, 1.82) is 10.7 Å². The number of rotatable bonds is 6. The summed E-state index contributed by atoms with van der Waals surface area (Å²) in [4.78, 5) is 30.8. The quantitative estimate of drug-likeness (QED) is 0.546. The molecule has 1 aliphatic heterocycles. The molecule has 3 rings (SSSR count). The predicted molar refractivity (Wildman–Crippen MR) is 123 cm³/mol. The van der Waals surface area contributed by atoms with Crippen LogP contribution < -0.4 is 11.1 Å². The van der Waals surface area contributed by atoms with E-state index in [0.717, 1.165) is 6.26 Å². The van der Waals surface area contributed by atoms with Crippen molar-refractivity contribution in [2.24, 2.45) is 16.6 Å². The summed E-state index contributed by atoms with van der Waals surface area (Å²) in [7, 11) is -3.51. The minimum absolute atomic E-state index is 0.0157. The zero-order valence-corrected chi connectivity index (χ0v) is 18.6. The normalized spacial score (nSPS) is 14.5. The van der Waals surface area contributed by atoms with Crippen LogP contribution >= 0.6 is 0 Å². The third-order valence-electron chi connectivity index (χ3n) is 5.07. The number of sulfone groups is 1. The van der Waals surface area contributed by atoms with Crippen molar-refractivity contribution in [2.45, 2.75) is 4.90 Å². The summed E-state index contributed by atoms with van der Waals surface area (Å²) in [5.74, 6) is -2.04. The SMILES string of the molecule is CS(=O)(=O)c1cccc(C(=N)C(C(N)=O)C2=NCCN(C(=O)Nc3ccc(C#N)cc3)C2)c1. The molecule has 1 heterocycles. The molecule has 0 saturated carbocycles. The minimum Gasteiger partial charge on any atom is -0.369 e. The van der Waals surface area contributed by atoms with Gasteiger partial charge in [-0.1, -0.05) is 12.1 Å².